The molecule has 7 nitrogen and oxygen atoms in total. The van der Waals surface area contributed by atoms with E-state index in [9.17, 15) is 0 Å². The molecule has 2 aliphatic carbocycles. The maximum atomic E-state index is 6.42. The molecule has 0 spiro atoms. The number of hydrogen-bond donors (Lipinski definition) is 2. The summed E-state index contributed by atoms with van der Waals surface area (Å²) >= 11 is 0. The third-order valence-corrected chi connectivity index (χ3v) is 7.06. The minimum absolute atomic E-state index is 0.291. The molecule has 3 atom stereocenters. The number of rotatable bonds is 4. The summed E-state index contributed by atoms with van der Waals surface area (Å²) in [7, 11) is 1.96. The SMILES string of the molecule is CNc1cccc2c1Cc1nc(Oc3cccnc3)nc(N3CC4CCC(N)C4C3)c1-2. The second-order valence-electron chi connectivity index (χ2n) is 8.77. The number of aromatic nitrogens is 3. The van der Waals surface area contributed by atoms with Crippen molar-refractivity contribution in [1.29, 1.82) is 0 Å². The highest BCUT2D eigenvalue weighted by molar-refractivity contribution is 5.88. The van der Waals surface area contributed by atoms with E-state index < -0.39 is 0 Å². The van der Waals surface area contributed by atoms with Crippen LogP contribution in [0.1, 0.15) is 24.1 Å². The second-order valence-corrected chi connectivity index (χ2v) is 8.77. The van der Waals surface area contributed by atoms with Gasteiger partial charge in [0.2, 0.25) is 0 Å². The van der Waals surface area contributed by atoms with Gasteiger partial charge in [0.1, 0.15) is 11.6 Å². The summed E-state index contributed by atoms with van der Waals surface area (Å²) in [6, 6.07) is 10.8. The molecule has 3 aromatic rings. The lowest BCUT2D eigenvalue weighted by molar-refractivity contribution is 0.438. The summed E-state index contributed by atoms with van der Waals surface area (Å²) in [5, 5.41) is 3.33. The Balaban J connectivity index is 1.45. The maximum Gasteiger partial charge on any atom is 0.324 e. The monoisotopic (exact) mass is 414 g/mol. The second kappa shape index (κ2) is 7.20. The van der Waals surface area contributed by atoms with Gasteiger partial charge < -0.3 is 20.7 Å². The third-order valence-electron chi connectivity index (χ3n) is 7.06. The van der Waals surface area contributed by atoms with Crippen molar-refractivity contribution in [2.75, 3.05) is 30.4 Å². The summed E-state index contributed by atoms with van der Waals surface area (Å²) in [4.78, 5) is 16.3. The molecule has 2 fully saturated rings. The molecule has 3 heterocycles. The zero-order valence-electron chi connectivity index (χ0n) is 17.6. The predicted molar refractivity (Wildman–Crippen MR) is 121 cm³/mol. The van der Waals surface area contributed by atoms with Crippen LogP contribution < -0.4 is 20.7 Å². The lowest BCUT2D eigenvalue weighted by Crippen LogP contribution is -2.30. The smallest absolute Gasteiger partial charge is 0.324 e. The number of anilines is 2. The Kier molecular flexibility index (Phi) is 4.31. The van der Waals surface area contributed by atoms with Gasteiger partial charge in [-0.3, -0.25) is 4.98 Å². The first-order valence-electron chi connectivity index (χ1n) is 11.0. The van der Waals surface area contributed by atoms with E-state index in [0.717, 1.165) is 48.7 Å². The third kappa shape index (κ3) is 3.03. The van der Waals surface area contributed by atoms with Crippen molar-refractivity contribution < 1.29 is 4.74 Å². The van der Waals surface area contributed by atoms with Crippen LogP contribution in [0.4, 0.5) is 11.5 Å². The maximum absolute atomic E-state index is 6.42. The average molecular weight is 415 g/mol. The molecule has 3 aliphatic rings. The normalized spacial score (nSPS) is 23.4. The van der Waals surface area contributed by atoms with Gasteiger partial charge >= 0.3 is 6.01 Å². The van der Waals surface area contributed by atoms with Crippen molar-refractivity contribution in [3.8, 4) is 22.9 Å². The number of hydrogen-bond acceptors (Lipinski definition) is 7. The van der Waals surface area contributed by atoms with Crippen LogP contribution in [0.2, 0.25) is 0 Å². The summed E-state index contributed by atoms with van der Waals surface area (Å²) in [5.41, 5.74) is 12.2. The van der Waals surface area contributed by atoms with Gasteiger partial charge in [0.25, 0.3) is 0 Å². The molecule has 1 aromatic carbocycles. The number of pyridine rings is 1. The predicted octanol–water partition coefficient (Wildman–Crippen LogP) is 3.45. The fraction of sp³-hybridized carbons (Fsp3) is 0.375. The lowest BCUT2D eigenvalue weighted by atomic mass is 9.98. The van der Waals surface area contributed by atoms with Crippen molar-refractivity contribution in [3.05, 3.63) is 54.0 Å². The quantitative estimate of drug-likeness (QED) is 0.529. The first-order chi connectivity index (χ1) is 15.2. The summed E-state index contributed by atoms with van der Waals surface area (Å²) in [5.74, 6) is 2.79. The van der Waals surface area contributed by atoms with Crippen LogP contribution in [0.25, 0.3) is 11.1 Å². The highest BCUT2D eigenvalue weighted by Gasteiger charge is 2.43. The van der Waals surface area contributed by atoms with E-state index in [-0.39, 0.29) is 0 Å². The van der Waals surface area contributed by atoms with Crippen molar-refractivity contribution >= 4 is 11.5 Å². The van der Waals surface area contributed by atoms with Crippen molar-refractivity contribution in [2.45, 2.75) is 25.3 Å². The Bertz CT molecular complexity index is 1130. The molecular weight excluding hydrogens is 388 g/mol. The minimum atomic E-state index is 0.291. The summed E-state index contributed by atoms with van der Waals surface area (Å²) < 4.78 is 6.02. The zero-order valence-corrected chi connectivity index (χ0v) is 17.6. The molecule has 0 amide bonds. The standard InChI is InChI=1S/C24H26N6O/c1-26-20-6-2-5-16-17(20)10-21-22(16)23(30-12-14-7-8-19(25)18(14)13-30)29-24(28-21)31-15-4-3-9-27-11-15/h2-6,9,11,14,18-19,26H,7-8,10,12-13,25H2,1H3. The fourth-order valence-corrected chi connectivity index (χ4v) is 5.56. The molecular formula is C24H26N6O. The van der Waals surface area contributed by atoms with E-state index in [2.05, 4.69) is 33.4 Å². The van der Waals surface area contributed by atoms with Crippen LogP contribution in [0.5, 0.6) is 11.8 Å². The topological polar surface area (TPSA) is 89.2 Å². The van der Waals surface area contributed by atoms with Crippen molar-refractivity contribution in [3.63, 3.8) is 0 Å². The van der Waals surface area contributed by atoms with E-state index in [1.165, 1.54) is 17.5 Å². The number of ether oxygens (including phenoxy) is 1. The van der Waals surface area contributed by atoms with Crippen LogP contribution in [-0.2, 0) is 6.42 Å². The molecule has 3 unspecified atom stereocenters. The van der Waals surface area contributed by atoms with Crippen molar-refractivity contribution in [1.82, 2.24) is 15.0 Å². The van der Waals surface area contributed by atoms with E-state index >= 15 is 0 Å². The molecule has 0 radical (unpaired) electrons. The summed E-state index contributed by atoms with van der Waals surface area (Å²) in [6.45, 7) is 1.94. The number of nitrogens with two attached hydrogens (primary N) is 1. The average Bonchev–Trinajstić information content (AvgIpc) is 3.47. The molecule has 1 aliphatic heterocycles. The van der Waals surface area contributed by atoms with Gasteiger partial charge in [-0.05, 0) is 54.0 Å². The fourth-order valence-electron chi connectivity index (χ4n) is 5.56. The van der Waals surface area contributed by atoms with Gasteiger partial charge in [0.15, 0.2) is 0 Å². The number of benzene rings is 1. The number of nitrogens with zero attached hydrogens (tertiary/aromatic N) is 4. The van der Waals surface area contributed by atoms with E-state index in [4.69, 9.17) is 20.4 Å². The number of nitrogens with one attached hydrogen (secondary N) is 1. The van der Waals surface area contributed by atoms with Crippen LogP contribution in [0.3, 0.4) is 0 Å². The Morgan fingerprint density at radius 3 is 2.87 bits per heavy atom. The Morgan fingerprint density at radius 2 is 2.06 bits per heavy atom. The molecule has 2 aromatic heterocycles. The van der Waals surface area contributed by atoms with Gasteiger partial charge in [-0.25, -0.2) is 0 Å². The molecule has 158 valence electrons. The minimum Gasteiger partial charge on any atom is -0.423 e. The Morgan fingerprint density at radius 1 is 1.13 bits per heavy atom. The molecule has 1 saturated heterocycles. The number of fused-ring (bicyclic) bond motifs is 4. The van der Waals surface area contributed by atoms with Crippen LogP contribution in [-0.4, -0.2) is 41.1 Å². The van der Waals surface area contributed by atoms with Crippen LogP contribution in [0.15, 0.2) is 42.7 Å². The van der Waals surface area contributed by atoms with Gasteiger partial charge in [-0.2, -0.15) is 9.97 Å². The largest absolute Gasteiger partial charge is 0.423 e. The van der Waals surface area contributed by atoms with Gasteiger partial charge in [0.05, 0.1) is 11.9 Å². The van der Waals surface area contributed by atoms with E-state index in [0.29, 0.717) is 29.6 Å². The molecule has 7 heteroatoms. The lowest BCUT2D eigenvalue weighted by Gasteiger charge is -2.23. The highest BCUT2D eigenvalue weighted by atomic mass is 16.5. The molecule has 0 bridgehead atoms. The van der Waals surface area contributed by atoms with Crippen LogP contribution >= 0.6 is 0 Å². The zero-order chi connectivity index (χ0) is 20.9. The molecule has 31 heavy (non-hydrogen) atoms. The van der Waals surface area contributed by atoms with Gasteiger partial charge in [-0.1, -0.05) is 12.1 Å². The first-order valence-corrected chi connectivity index (χ1v) is 11.0. The van der Waals surface area contributed by atoms with E-state index in [1.807, 2.05) is 19.2 Å². The van der Waals surface area contributed by atoms with E-state index in [1.54, 1.807) is 12.4 Å². The van der Waals surface area contributed by atoms with Gasteiger partial charge in [0, 0.05) is 50.0 Å². The molecule has 1 saturated carbocycles. The Hall–Kier alpha value is -3.19. The molecule has 3 N–H and O–H groups in total. The first kappa shape index (κ1) is 18.6. The van der Waals surface area contributed by atoms with Crippen LogP contribution in [0, 0.1) is 11.8 Å². The van der Waals surface area contributed by atoms with Gasteiger partial charge in [-0.15, -0.1) is 0 Å². The summed E-state index contributed by atoms with van der Waals surface area (Å²) in [6.07, 6.45) is 6.51. The molecule has 6 rings (SSSR count). The highest BCUT2D eigenvalue weighted by Crippen LogP contribution is 2.47. The van der Waals surface area contributed by atoms with Crippen molar-refractivity contribution in [2.24, 2.45) is 17.6 Å². The Labute approximate surface area is 181 Å².